The normalized spacial score (nSPS) is 15.9. The predicted octanol–water partition coefficient (Wildman–Crippen LogP) is 1.90. The van der Waals surface area contributed by atoms with Gasteiger partial charge < -0.3 is 20.1 Å². The van der Waals surface area contributed by atoms with Crippen molar-refractivity contribution < 1.29 is 14.3 Å². The van der Waals surface area contributed by atoms with Crippen molar-refractivity contribution in [1.82, 2.24) is 4.90 Å². The third kappa shape index (κ3) is 3.67. The van der Waals surface area contributed by atoms with Crippen molar-refractivity contribution in [3.63, 3.8) is 0 Å². The van der Waals surface area contributed by atoms with Gasteiger partial charge in [0, 0.05) is 18.7 Å². The number of hydrogen-bond acceptors (Lipinski definition) is 4. The molecule has 0 saturated carbocycles. The second kappa shape index (κ2) is 7.31. The number of hydrogen-bond donors (Lipinski definition) is 1. The third-order valence-electron chi connectivity index (χ3n) is 3.95. The number of likely N-dealkylation sites (tertiary alicyclic amines) is 1. The lowest BCUT2D eigenvalue weighted by Crippen LogP contribution is -2.40. The minimum Gasteiger partial charge on any atom is -0.493 e. The first-order valence-electron chi connectivity index (χ1n) is 7.49. The standard InChI is InChI=1S/C16H24N2O3/c1-3-21-14-5-4-13(10-15(14)20-2)16(19)18-8-6-12(11-17)7-9-18/h4-5,10,12H,3,6-9,11,17H2,1-2H3. The van der Waals surface area contributed by atoms with E-state index in [2.05, 4.69) is 0 Å². The van der Waals surface area contributed by atoms with E-state index in [1.165, 1.54) is 0 Å². The molecule has 0 atom stereocenters. The Bertz CT molecular complexity index is 482. The van der Waals surface area contributed by atoms with E-state index in [0.29, 0.717) is 36.1 Å². The van der Waals surface area contributed by atoms with Crippen LogP contribution in [0.2, 0.25) is 0 Å². The Hall–Kier alpha value is -1.75. The van der Waals surface area contributed by atoms with Gasteiger partial charge in [-0.2, -0.15) is 0 Å². The Morgan fingerprint density at radius 1 is 1.33 bits per heavy atom. The van der Waals surface area contributed by atoms with Crippen LogP contribution in [0.1, 0.15) is 30.1 Å². The number of amides is 1. The number of rotatable bonds is 5. The van der Waals surface area contributed by atoms with Crippen LogP contribution in [0.15, 0.2) is 18.2 Å². The lowest BCUT2D eigenvalue weighted by atomic mass is 9.96. The molecule has 0 aromatic heterocycles. The molecule has 0 radical (unpaired) electrons. The molecule has 116 valence electrons. The molecule has 0 spiro atoms. The summed E-state index contributed by atoms with van der Waals surface area (Å²) in [6, 6.07) is 5.34. The topological polar surface area (TPSA) is 64.8 Å². The van der Waals surface area contributed by atoms with Gasteiger partial charge in [-0.1, -0.05) is 0 Å². The molecule has 0 bridgehead atoms. The lowest BCUT2D eigenvalue weighted by molar-refractivity contribution is 0.0693. The van der Waals surface area contributed by atoms with Crippen LogP contribution >= 0.6 is 0 Å². The summed E-state index contributed by atoms with van der Waals surface area (Å²) >= 11 is 0. The summed E-state index contributed by atoms with van der Waals surface area (Å²) < 4.78 is 10.8. The number of nitrogens with two attached hydrogens (primary N) is 1. The highest BCUT2D eigenvalue weighted by atomic mass is 16.5. The first-order chi connectivity index (χ1) is 10.2. The smallest absolute Gasteiger partial charge is 0.253 e. The Labute approximate surface area is 126 Å². The van der Waals surface area contributed by atoms with Crippen LogP contribution in [-0.4, -0.2) is 44.2 Å². The van der Waals surface area contributed by atoms with Gasteiger partial charge in [-0.05, 0) is 50.4 Å². The molecule has 1 heterocycles. The van der Waals surface area contributed by atoms with Crippen molar-refractivity contribution in [1.29, 1.82) is 0 Å². The number of ether oxygens (including phenoxy) is 2. The Morgan fingerprint density at radius 3 is 2.62 bits per heavy atom. The average Bonchev–Trinajstić information content (AvgIpc) is 2.55. The molecular formula is C16H24N2O3. The van der Waals surface area contributed by atoms with E-state index in [9.17, 15) is 4.79 Å². The van der Waals surface area contributed by atoms with Gasteiger partial charge in [0.1, 0.15) is 0 Å². The summed E-state index contributed by atoms with van der Waals surface area (Å²) in [4.78, 5) is 14.4. The third-order valence-corrected chi connectivity index (χ3v) is 3.95. The molecule has 2 rings (SSSR count). The maximum atomic E-state index is 12.5. The van der Waals surface area contributed by atoms with E-state index in [4.69, 9.17) is 15.2 Å². The van der Waals surface area contributed by atoms with Crippen molar-refractivity contribution in [3.8, 4) is 11.5 Å². The van der Waals surface area contributed by atoms with Crippen LogP contribution < -0.4 is 15.2 Å². The SMILES string of the molecule is CCOc1ccc(C(=O)N2CCC(CN)CC2)cc1OC. The zero-order valence-electron chi connectivity index (χ0n) is 12.8. The van der Waals surface area contributed by atoms with Gasteiger partial charge >= 0.3 is 0 Å². The highest BCUT2D eigenvalue weighted by Gasteiger charge is 2.23. The summed E-state index contributed by atoms with van der Waals surface area (Å²) in [5.74, 6) is 1.86. The van der Waals surface area contributed by atoms with Gasteiger partial charge in [-0.3, -0.25) is 4.79 Å². The van der Waals surface area contributed by atoms with Crippen molar-refractivity contribution in [2.24, 2.45) is 11.7 Å². The van der Waals surface area contributed by atoms with E-state index in [1.54, 1.807) is 25.3 Å². The molecule has 1 aliphatic rings. The molecule has 1 aromatic carbocycles. The fourth-order valence-electron chi connectivity index (χ4n) is 2.63. The second-order valence-corrected chi connectivity index (χ2v) is 5.27. The number of nitrogens with zero attached hydrogens (tertiary/aromatic N) is 1. The average molecular weight is 292 g/mol. The van der Waals surface area contributed by atoms with E-state index in [0.717, 1.165) is 25.9 Å². The zero-order valence-corrected chi connectivity index (χ0v) is 12.8. The van der Waals surface area contributed by atoms with Crippen LogP contribution in [0.4, 0.5) is 0 Å². The fraction of sp³-hybridized carbons (Fsp3) is 0.562. The number of carbonyl (C=O) groups excluding carboxylic acids is 1. The van der Waals surface area contributed by atoms with E-state index >= 15 is 0 Å². The largest absolute Gasteiger partial charge is 0.493 e. The molecule has 1 saturated heterocycles. The van der Waals surface area contributed by atoms with Crippen molar-refractivity contribution in [2.45, 2.75) is 19.8 Å². The molecule has 2 N–H and O–H groups in total. The molecule has 0 unspecified atom stereocenters. The van der Waals surface area contributed by atoms with Gasteiger partial charge in [-0.25, -0.2) is 0 Å². The van der Waals surface area contributed by atoms with Crippen LogP contribution in [0, 0.1) is 5.92 Å². The molecular weight excluding hydrogens is 268 g/mol. The van der Waals surface area contributed by atoms with E-state index in [1.807, 2.05) is 11.8 Å². The van der Waals surface area contributed by atoms with E-state index in [-0.39, 0.29) is 5.91 Å². The van der Waals surface area contributed by atoms with Crippen molar-refractivity contribution in [2.75, 3.05) is 33.4 Å². The Morgan fingerprint density at radius 2 is 2.05 bits per heavy atom. The quantitative estimate of drug-likeness (QED) is 0.900. The van der Waals surface area contributed by atoms with Gasteiger partial charge in [0.25, 0.3) is 5.91 Å². The number of benzene rings is 1. The zero-order chi connectivity index (χ0) is 15.2. The highest BCUT2D eigenvalue weighted by molar-refractivity contribution is 5.95. The Kier molecular flexibility index (Phi) is 5.44. The molecule has 5 nitrogen and oxygen atoms in total. The van der Waals surface area contributed by atoms with Gasteiger partial charge in [0.2, 0.25) is 0 Å². The van der Waals surface area contributed by atoms with Crippen LogP contribution in [0.25, 0.3) is 0 Å². The molecule has 1 amide bonds. The lowest BCUT2D eigenvalue weighted by Gasteiger charge is -2.31. The van der Waals surface area contributed by atoms with Gasteiger partial charge in [0.05, 0.1) is 13.7 Å². The number of carbonyl (C=O) groups is 1. The molecule has 21 heavy (non-hydrogen) atoms. The summed E-state index contributed by atoms with van der Waals surface area (Å²) in [5, 5.41) is 0. The fourth-order valence-corrected chi connectivity index (χ4v) is 2.63. The number of piperidine rings is 1. The van der Waals surface area contributed by atoms with Gasteiger partial charge in [-0.15, -0.1) is 0 Å². The monoisotopic (exact) mass is 292 g/mol. The highest BCUT2D eigenvalue weighted by Crippen LogP contribution is 2.29. The second-order valence-electron chi connectivity index (χ2n) is 5.27. The number of methoxy groups -OCH3 is 1. The van der Waals surface area contributed by atoms with Crippen LogP contribution in [-0.2, 0) is 0 Å². The summed E-state index contributed by atoms with van der Waals surface area (Å²) in [6.45, 7) is 4.74. The minimum atomic E-state index is 0.0480. The van der Waals surface area contributed by atoms with Crippen LogP contribution in [0.3, 0.4) is 0 Å². The van der Waals surface area contributed by atoms with E-state index < -0.39 is 0 Å². The molecule has 0 aliphatic carbocycles. The molecule has 5 heteroatoms. The summed E-state index contributed by atoms with van der Waals surface area (Å²) in [7, 11) is 1.58. The van der Waals surface area contributed by atoms with Crippen molar-refractivity contribution >= 4 is 5.91 Å². The first-order valence-corrected chi connectivity index (χ1v) is 7.49. The minimum absolute atomic E-state index is 0.0480. The molecule has 1 fully saturated rings. The maximum absolute atomic E-state index is 12.5. The Balaban J connectivity index is 2.09. The van der Waals surface area contributed by atoms with Crippen molar-refractivity contribution in [3.05, 3.63) is 23.8 Å². The summed E-state index contributed by atoms with van der Waals surface area (Å²) in [5.41, 5.74) is 6.33. The predicted molar refractivity (Wildman–Crippen MR) is 81.8 cm³/mol. The molecule has 1 aliphatic heterocycles. The first kappa shape index (κ1) is 15.6. The maximum Gasteiger partial charge on any atom is 0.253 e. The van der Waals surface area contributed by atoms with Gasteiger partial charge in [0.15, 0.2) is 11.5 Å². The molecule has 1 aromatic rings. The summed E-state index contributed by atoms with van der Waals surface area (Å²) in [6.07, 6.45) is 1.97. The van der Waals surface area contributed by atoms with Crippen LogP contribution in [0.5, 0.6) is 11.5 Å².